The second kappa shape index (κ2) is 8.00. The van der Waals surface area contributed by atoms with Crippen molar-refractivity contribution in [3.8, 4) is 11.6 Å². The summed E-state index contributed by atoms with van der Waals surface area (Å²) in [6, 6.07) is 11.7. The Morgan fingerprint density at radius 1 is 1.29 bits per heavy atom. The van der Waals surface area contributed by atoms with Crippen molar-refractivity contribution in [2.45, 2.75) is 19.6 Å². The van der Waals surface area contributed by atoms with E-state index in [1.165, 1.54) is 5.56 Å². The summed E-state index contributed by atoms with van der Waals surface area (Å²) in [5.74, 6) is 1.49. The van der Waals surface area contributed by atoms with Crippen LogP contribution in [0.25, 0.3) is 0 Å². The van der Waals surface area contributed by atoms with E-state index < -0.39 is 0 Å². The van der Waals surface area contributed by atoms with E-state index in [1.807, 2.05) is 37.3 Å². The van der Waals surface area contributed by atoms with Crippen LogP contribution < -0.4 is 14.8 Å². The highest BCUT2D eigenvalue weighted by atomic mass is 79.9. The first kappa shape index (κ1) is 15.8. The second-order valence-electron chi connectivity index (χ2n) is 4.70. The molecule has 0 aliphatic heterocycles. The zero-order chi connectivity index (χ0) is 15.1. The molecule has 0 bridgehead atoms. The van der Waals surface area contributed by atoms with E-state index in [0.29, 0.717) is 5.88 Å². The number of rotatable bonds is 7. The highest BCUT2D eigenvalue weighted by molar-refractivity contribution is 9.10. The molecule has 0 fully saturated rings. The lowest BCUT2D eigenvalue weighted by Gasteiger charge is -2.15. The Morgan fingerprint density at radius 3 is 2.81 bits per heavy atom. The van der Waals surface area contributed by atoms with Crippen molar-refractivity contribution in [2.24, 2.45) is 0 Å². The lowest BCUT2D eigenvalue weighted by molar-refractivity contribution is 0.208. The van der Waals surface area contributed by atoms with Gasteiger partial charge < -0.3 is 14.8 Å². The number of hydrogen-bond acceptors (Lipinski definition) is 4. The smallest absolute Gasteiger partial charge is 0.213 e. The normalized spacial score (nSPS) is 12.0. The zero-order valence-electron chi connectivity index (χ0n) is 12.2. The Kier molecular flexibility index (Phi) is 6.02. The van der Waals surface area contributed by atoms with Gasteiger partial charge in [0, 0.05) is 25.4 Å². The average Bonchev–Trinajstić information content (AvgIpc) is 2.48. The number of methoxy groups -OCH3 is 1. The fourth-order valence-corrected chi connectivity index (χ4v) is 2.49. The van der Waals surface area contributed by atoms with Gasteiger partial charge in [-0.2, -0.15) is 0 Å². The zero-order valence-corrected chi connectivity index (χ0v) is 13.8. The number of halogens is 1. The number of pyridine rings is 1. The fraction of sp³-hybridized carbons (Fsp3) is 0.312. The SMILES string of the molecule is COc1ccc(CNC[C@@H](C)Oc2ccccn2)cc1Br. The third-order valence-corrected chi connectivity index (χ3v) is 3.56. The Hall–Kier alpha value is -1.59. The molecule has 2 aromatic rings. The van der Waals surface area contributed by atoms with Gasteiger partial charge in [-0.3, -0.25) is 0 Å². The molecule has 0 aliphatic carbocycles. The summed E-state index contributed by atoms with van der Waals surface area (Å²) in [5.41, 5.74) is 1.19. The summed E-state index contributed by atoms with van der Waals surface area (Å²) in [5, 5.41) is 3.37. The van der Waals surface area contributed by atoms with Crippen molar-refractivity contribution in [1.82, 2.24) is 10.3 Å². The predicted octanol–water partition coefficient (Wildman–Crippen LogP) is 3.41. The summed E-state index contributed by atoms with van der Waals surface area (Å²) in [6.07, 6.45) is 1.78. The van der Waals surface area contributed by atoms with E-state index in [-0.39, 0.29) is 6.10 Å². The first-order valence-corrected chi connectivity index (χ1v) is 7.59. The molecule has 1 atom stereocenters. The van der Waals surface area contributed by atoms with Crippen molar-refractivity contribution >= 4 is 15.9 Å². The molecule has 1 aromatic heterocycles. The predicted molar refractivity (Wildman–Crippen MR) is 86.7 cm³/mol. The van der Waals surface area contributed by atoms with E-state index in [1.54, 1.807) is 13.3 Å². The molecule has 1 N–H and O–H groups in total. The van der Waals surface area contributed by atoms with Crippen LogP contribution in [0, 0.1) is 0 Å². The lowest BCUT2D eigenvalue weighted by Crippen LogP contribution is -2.28. The van der Waals surface area contributed by atoms with Gasteiger partial charge in [-0.15, -0.1) is 0 Å². The van der Waals surface area contributed by atoms with E-state index in [4.69, 9.17) is 9.47 Å². The summed E-state index contributed by atoms with van der Waals surface area (Å²) in [6.45, 7) is 3.55. The number of nitrogens with zero attached hydrogens (tertiary/aromatic N) is 1. The van der Waals surface area contributed by atoms with Gasteiger partial charge in [0.15, 0.2) is 0 Å². The van der Waals surface area contributed by atoms with Gasteiger partial charge in [0.25, 0.3) is 0 Å². The second-order valence-corrected chi connectivity index (χ2v) is 5.55. The molecule has 0 saturated carbocycles. The van der Waals surface area contributed by atoms with Crippen LogP contribution in [0.15, 0.2) is 47.1 Å². The number of benzene rings is 1. The number of aromatic nitrogens is 1. The molecule has 4 nitrogen and oxygen atoms in total. The van der Waals surface area contributed by atoms with Crippen LogP contribution in [0.5, 0.6) is 11.6 Å². The Balaban J connectivity index is 1.77. The molecular formula is C16H19BrN2O2. The average molecular weight is 351 g/mol. The van der Waals surface area contributed by atoms with Crippen LogP contribution in [-0.4, -0.2) is 24.7 Å². The first-order chi connectivity index (χ1) is 10.2. The van der Waals surface area contributed by atoms with E-state index in [0.717, 1.165) is 23.3 Å². The molecule has 112 valence electrons. The van der Waals surface area contributed by atoms with E-state index in [9.17, 15) is 0 Å². The molecule has 21 heavy (non-hydrogen) atoms. The Morgan fingerprint density at radius 2 is 2.14 bits per heavy atom. The molecule has 5 heteroatoms. The summed E-state index contributed by atoms with van der Waals surface area (Å²) < 4.78 is 11.9. The third-order valence-electron chi connectivity index (χ3n) is 2.94. The highest BCUT2D eigenvalue weighted by Crippen LogP contribution is 2.25. The van der Waals surface area contributed by atoms with Crippen LogP contribution >= 0.6 is 15.9 Å². The molecular weight excluding hydrogens is 332 g/mol. The van der Waals surface area contributed by atoms with Gasteiger partial charge in [0.2, 0.25) is 5.88 Å². The molecule has 0 spiro atoms. The van der Waals surface area contributed by atoms with Gasteiger partial charge >= 0.3 is 0 Å². The largest absolute Gasteiger partial charge is 0.496 e. The molecule has 0 aliphatic rings. The van der Waals surface area contributed by atoms with Crippen LogP contribution in [-0.2, 0) is 6.54 Å². The molecule has 2 rings (SSSR count). The van der Waals surface area contributed by atoms with Gasteiger partial charge in [-0.25, -0.2) is 4.98 Å². The fourth-order valence-electron chi connectivity index (χ4n) is 1.90. The lowest BCUT2D eigenvalue weighted by atomic mass is 10.2. The Bertz CT molecular complexity index is 563. The highest BCUT2D eigenvalue weighted by Gasteiger charge is 2.05. The van der Waals surface area contributed by atoms with Crippen LogP contribution in [0.2, 0.25) is 0 Å². The van der Waals surface area contributed by atoms with Gasteiger partial charge in [-0.05, 0) is 46.6 Å². The third kappa shape index (κ3) is 5.02. The van der Waals surface area contributed by atoms with Crippen molar-refractivity contribution in [1.29, 1.82) is 0 Å². The van der Waals surface area contributed by atoms with Crippen LogP contribution in [0.1, 0.15) is 12.5 Å². The minimum Gasteiger partial charge on any atom is -0.496 e. The topological polar surface area (TPSA) is 43.4 Å². The molecule has 0 amide bonds. The van der Waals surface area contributed by atoms with Crippen LogP contribution in [0.3, 0.4) is 0 Å². The maximum absolute atomic E-state index is 5.71. The van der Waals surface area contributed by atoms with Crippen molar-refractivity contribution in [3.05, 3.63) is 52.6 Å². The minimum atomic E-state index is 0.0570. The maximum Gasteiger partial charge on any atom is 0.213 e. The maximum atomic E-state index is 5.71. The summed E-state index contributed by atoms with van der Waals surface area (Å²) in [7, 11) is 1.66. The summed E-state index contributed by atoms with van der Waals surface area (Å²) >= 11 is 3.49. The van der Waals surface area contributed by atoms with Gasteiger partial charge in [0.1, 0.15) is 11.9 Å². The molecule has 0 radical (unpaired) electrons. The van der Waals surface area contributed by atoms with Crippen LogP contribution in [0.4, 0.5) is 0 Å². The standard InChI is InChI=1S/C16H19BrN2O2/c1-12(21-16-5-3-4-8-19-16)10-18-11-13-6-7-15(20-2)14(17)9-13/h3-9,12,18H,10-11H2,1-2H3/t12-/m1/s1. The van der Waals surface area contributed by atoms with E-state index in [2.05, 4.69) is 32.3 Å². The molecule has 0 saturated heterocycles. The molecule has 1 aromatic carbocycles. The number of hydrogen-bond donors (Lipinski definition) is 1. The van der Waals surface area contributed by atoms with E-state index >= 15 is 0 Å². The molecule has 1 heterocycles. The quantitative estimate of drug-likeness (QED) is 0.830. The number of ether oxygens (including phenoxy) is 2. The van der Waals surface area contributed by atoms with Crippen molar-refractivity contribution < 1.29 is 9.47 Å². The van der Waals surface area contributed by atoms with Crippen molar-refractivity contribution in [2.75, 3.05) is 13.7 Å². The monoisotopic (exact) mass is 350 g/mol. The minimum absolute atomic E-state index is 0.0570. The molecule has 0 unspecified atom stereocenters. The van der Waals surface area contributed by atoms with Crippen molar-refractivity contribution in [3.63, 3.8) is 0 Å². The summed E-state index contributed by atoms with van der Waals surface area (Å²) in [4.78, 5) is 4.15. The first-order valence-electron chi connectivity index (χ1n) is 6.80. The van der Waals surface area contributed by atoms with Gasteiger partial charge in [-0.1, -0.05) is 12.1 Å². The number of nitrogens with one attached hydrogen (secondary N) is 1. The Labute approximate surface area is 133 Å². The van der Waals surface area contributed by atoms with Gasteiger partial charge in [0.05, 0.1) is 11.6 Å².